The predicted octanol–water partition coefficient (Wildman–Crippen LogP) is 3.68. The number of anilines is 1. The first-order valence-electron chi connectivity index (χ1n) is 8.06. The molecule has 1 aliphatic rings. The van der Waals surface area contributed by atoms with Gasteiger partial charge in [-0.05, 0) is 30.5 Å². The van der Waals surface area contributed by atoms with Crippen molar-refractivity contribution in [3.05, 3.63) is 52.3 Å². The van der Waals surface area contributed by atoms with E-state index in [9.17, 15) is 18.0 Å². The van der Waals surface area contributed by atoms with Crippen molar-refractivity contribution in [2.24, 2.45) is 0 Å². The summed E-state index contributed by atoms with van der Waals surface area (Å²) in [5.41, 5.74) is -1.09. The Morgan fingerprint density at radius 1 is 1.19 bits per heavy atom. The van der Waals surface area contributed by atoms with E-state index < -0.39 is 23.3 Å². The molecule has 1 aromatic carbocycles. The van der Waals surface area contributed by atoms with Gasteiger partial charge < -0.3 is 10.2 Å². The van der Waals surface area contributed by atoms with Crippen molar-refractivity contribution in [1.82, 2.24) is 15.3 Å². The predicted molar refractivity (Wildman–Crippen MR) is 91.1 cm³/mol. The SMILES string of the molecule is O=C(NCc1ccc(Cl)cc1)c1cnc(N2CCCC2)nc1C(F)(F)F. The summed E-state index contributed by atoms with van der Waals surface area (Å²) in [6, 6.07) is 6.64. The third-order valence-corrected chi connectivity index (χ3v) is 4.30. The molecule has 0 saturated carbocycles. The van der Waals surface area contributed by atoms with Crippen LogP contribution in [0.25, 0.3) is 0 Å². The van der Waals surface area contributed by atoms with Gasteiger partial charge in [0.1, 0.15) is 0 Å². The van der Waals surface area contributed by atoms with Crippen LogP contribution in [0.2, 0.25) is 5.02 Å². The van der Waals surface area contributed by atoms with Crippen LogP contribution in [-0.2, 0) is 12.7 Å². The molecule has 1 N–H and O–H groups in total. The van der Waals surface area contributed by atoms with E-state index in [1.54, 1.807) is 29.2 Å². The number of halogens is 4. The number of nitrogens with zero attached hydrogens (tertiary/aromatic N) is 3. The van der Waals surface area contributed by atoms with Crippen LogP contribution in [0.5, 0.6) is 0 Å². The highest BCUT2D eigenvalue weighted by Gasteiger charge is 2.38. The van der Waals surface area contributed by atoms with Crippen molar-refractivity contribution < 1.29 is 18.0 Å². The number of nitrogens with one attached hydrogen (secondary N) is 1. The second-order valence-corrected chi connectivity index (χ2v) is 6.37. The van der Waals surface area contributed by atoms with Crippen molar-refractivity contribution in [3.63, 3.8) is 0 Å². The van der Waals surface area contributed by atoms with E-state index in [0.29, 0.717) is 23.7 Å². The minimum atomic E-state index is -4.75. The van der Waals surface area contributed by atoms with Gasteiger partial charge in [-0.15, -0.1) is 0 Å². The smallest absolute Gasteiger partial charge is 0.348 e. The molecule has 1 fully saturated rings. The first-order valence-corrected chi connectivity index (χ1v) is 8.44. The van der Waals surface area contributed by atoms with E-state index in [1.165, 1.54) is 0 Å². The second kappa shape index (κ2) is 7.49. The van der Waals surface area contributed by atoms with E-state index >= 15 is 0 Å². The van der Waals surface area contributed by atoms with E-state index in [2.05, 4.69) is 15.3 Å². The zero-order valence-electron chi connectivity index (χ0n) is 13.7. The Morgan fingerprint density at radius 2 is 1.85 bits per heavy atom. The Labute approximate surface area is 153 Å². The third-order valence-electron chi connectivity index (χ3n) is 4.04. The molecule has 2 aromatic rings. The van der Waals surface area contributed by atoms with Crippen molar-refractivity contribution >= 4 is 23.5 Å². The van der Waals surface area contributed by atoms with Gasteiger partial charge in [0, 0.05) is 30.9 Å². The molecule has 26 heavy (non-hydrogen) atoms. The van der Waals surface area contributed by atoms with Crippen LogP contribution in [0.4, 0.5) is 19.1 Å². The molecular weight excluding hydrogens is 369 g/mol. The quantitative estimate of drug-likeness (QED) is 0.873. The number of carbonyl (C=O) groups is 1. The summed E-state index contributed by atoms with van der Waals surface area (Å²) in [5.74, 6) is -0.871. The van der Waals surface area contributed by atoms with E-state index in [4.69, 9.17) is 11.6 Å². The summed E-state index contributed by atoms with van der Waals surface area (Å²) in [6.45, 7) is 1.29. The number of carbonyl (C=O) groups excluding carboxylic acids is 1. The molecular formula is C17H16ClF3N4O. The van der Waals surface area contributed by atoms with Crippen molar-refractivity contribution in [3.8, 4) is 0 Å². The fraction of sp³-hybridized carbons (Fsp3) is 0.353. The van der Waals surface area contributed by atoms with Crippen LogP contribution in [0.1, 0.15) is 34.5 Å². The Balaban J connectivity index is 1.80. The Hall–Kier alpha value is -2.35. The first kappa shape index (κ1) is 18.4. The summed E-state index contributed by atoms with van der Waals surface area (Å²) < 4.78 is 40.1. The first-order chi connectivity index (χ1) is 12.3. The minimum Gasteiger partial charge on any atom is -0.348 e. The number of hydrogen-bond donors (Lipinski definition) is 1. The molecule has 3 rings (SSSR count). The van der Waals surface area contributed by atoms with Gasteiger partial charge in [0.25, 0.3) is 5.91 Å². The van der Waals surface area contributed by atoms with Gasteiger partial charge in [-0.3, -0.25) is 4.79 Å². The Bertz CT molecular complexity index is 790. The maximum Gasteiger partial charge on any atom is 0.434 e. The molecule has 0 bridgehead atoms. The molecule has 0 atom stereocenters. The van der Waals surface area contributed by atoms with E-state index in [1.807, 2.05) is 0 Å². The largest absolute Gasteiger partial charge is 0.434 e. The number of rotatable bonds is 4. The lowest BCUT2D eigenvalue weighted by atomic mass is 10.2. The highest BCUT2D eigenvalue weighted by Crippen LogP contribution is 2.31. The number of benzene rings is 1. The standard InChI is InChI=1S/C17H16ClF3N4O/c18-12-5-3-11(4-6-12)9-22-15(26)13-10-23-16(25-7-1-2-8-25)24-14(13)17(19,20)21/h3-6,10H,1-2,7-9H2,(H,22,26). The van der Waals surface area contributed by atoms with Gasteiger partial charge in [0.2, 0.25) is 5.95 Å². The molecule has 0 radical (unpaired) electrons. The number of amides is 1. The molecule has 0 unspecified atom stereocenters. The Kier molecular flexibility index (Phi) is 5.31. The summed E-state index contributed by atoms with van der Waals surface area (Å²) in [6.07, 6.45) is -2.03. The number of aromatic nitrogens is 2. The molecule has 1 saturated heterocycles. The van der Waals surface area contributed by atoms with Gasteiger partial charge in [-0.2, -0.15) is 13.2 Å². The molecule has 5 nitrogen and oxygen atoms in total. The van der Waals surface area contributed by atoms with Crippen LogP contribution in [-0.4, -0.2) is 29.0 Å². The van der Waals surface area contributed by atoms with Crippen LogP contribution >= 0.6 is 11.6 Å². The molecule has 1 aromatic heterocycles. The summed E-state index contributed by atoms with van der Waals surface area (Å²) in [4.78, 5) is 21.5. The van der Waals surface area contributed by atoms with E-state index in [0.717, 1.165) is 19.0 Å². The zero-order valence-corrected chi connectivity index (χ0v) is 14.4. The fourth-order valence-electron chi connectivity index (χ4n) is 2.70. The molecule has 2 heterocycles. The lowest BCUT2D eigenvalue weighted by Gasteiger charge is -2.18. The van der Waals surface area contributed by atoms with Gasteiger partial charge in [0.15, 0.2) is 5.69 Å². The van der Waals surface area contributed by atoms with Gasteiger partial charge >= 0.3 is 6.18 Å². The van der Waals surface area contributed by atoms with Crippen molar-refractivity contribution in [2.75, 3.05) is 18.0 Å². The molecule has 138 valence electrons. The van der Waals surface area contributed by atoms with Crippen LogP contribution in [0, 0.1) is 0 Å². The number of hydrogen-bond acceptors (Lipinski definition) is 4. The highest BCUT2D eigenvalue weighted by atomic mass is 35.5. The summed E-state index contributed by atoms with van der Waals surface area (Å²) >= 11 is 5.78. The molecule has 0 aliphatic carbocycles. The van der Waals surface area contributed by atoms with Crippen molar-refractivity contribution in [1.29, 1.82) is 0 Å². The summed E-state index contributed by atoms with van der Waals surface area (Å²) in [7, 11) is 0. The third kappa shape index (κ3) is 4.24. The number of alkyl halides is 3. The van der Waals surface area contributed by atoms with Crippen molar-refractivity contribution in [2.45, 2.75) is 25.6 Å². The molecule has 1 amide bonds. The zero-order chi connectivity index (χ0) is 18.7. The summed E-state index contributed by atoms with van der Waals surface area (Å²) in [5, 5.41) is 2.99. The molecule has 0 spiro atoms. The highest BCUT2D eigenvalue weighted by molar-refractivity contribution is 6.30. The van der Waals surface area contributed by atoms with Gasteiger partial charge in [0.05, 0.1) is 5.56 Å². The normalized spacial score (nSPS) is 14.5. The fourth-order valence-corrected chi connectivity index (χ4v) is 2.83. The lowest BCUT2D eigenvalue weighted by Crippen LogP contribution is -2.29. The maximum atomic E-state index is 13.4. The molecule has 9 heteroatoms. The average Bonchev–Trinajstić information content (AvgIpc) is 3.14. The minimum absolute atomic E-state index is 0.00377. The maximum absolute atomic E-state index is 13.4. The Morgan fingerprint density at radius 3 is 2.46 bits per heavy atom. The van der Waals surface area contributed by atoms with Gasteiger partial charge in [-0.25, -0.2) is 9.97 Å². The van der Waals surface area contributed by atoms with E-state index in [-0.39, 0.29) is 12.5 Å². The second-order valence-electron chi connectivity index (χ2n) is 5.93. The lowest BCUT2D eigenvalue weighted by molar-refractivity contribution is -0.141. The topological polar surface area (TPSA) is 58.1 Å². The van der Waals surface area contributed by atoms with Crippen LogP contribution in [0.15, 0.2) is 30.5 Å². The monoisotopic (exact) mass is 384 g/mol. The van der Waals surface area contributed by atoms with Crippen LogP contribution in [0.3, 0.4) is 0 Å². The average molecular weight is 385 g/mol. The molecule has 1 aliphatic heterocycles. The van der Waals surface area contributed by atoms with Crippen LogP contribution < -0.4 is 10.2 Å². The van der Waals surface area contributed by atoms with Gasteiger partial charge in [-0.1, -0.05) is 23.7 Å².